The third kappa shape index (κ3) is 11.5. The van der Waals surface area contributed by atoms with Crippen LogP contribution in [-0.2, 0) is 4.74 Å². The Kier molecular flexibility index (Phi) is 15.7. The van der Waals surface area contributed by atoms with Crippen molar-refractivity contribution in [2.24, 2.45) is 0 Å². The largest absolute Gasteiger partial charge is 0.508 e. The number of carbonyl (C=O) groups is 3. The summed E-state index contributed by atoms with van der Waals surface area (Å²) in [6.07, 6.45) is -7.90. The maximum atomic E-state index is 12.9. The standard InChI is InChI=1S/3C18H18O7/c1-8(2)24-13-4-3-9(5-11(13)20)18-17(23)16(22)15-12(21)6-10(19)7-14(15)25-18;1-8(2)24-13-5-9(3-4-11(13)20)18-17(23)16(22)15-12(21)6-10(19)7-14(15)25-18;1-8(2)24-18-16(23)15-13(22)6-10(19)7-14(15)25-17(18)9-3-4-11(20)12(21)5-9/h2*3-8,17-21,23H,1-2H3;3-8,17-22H,1-2H3. The first-order valence-corrected chi connectivity index (χ1v) is 23.2. The second-order valence-corrected chi connectivity index (χ2v) is 18.3. The van der Waals surface area contributed by atoms with E-state index >= 15 is 0 Å². The first-order valence-electron chi connectivity index (χ1n) is 23.2. The number of hydrogen-bond donors (Lipinski definition) is 12. The molecule has 396 valence electrons. The van der Waals surface area contributed by atoms with Crippen molar-refractivity contribution in [3.8, 4) is 86.2 Å². The quantitative estimate of drug-likeness (QED) is 0.0639. The molecule has 0 radical (unpaired) electrons. The second kappa shape index (κ2) is 21.7. The SMILES string of the molecule is CC(C)OC1C(=O)c2c(O)cc(O)cc2OC1c1ccc(O)c(O)c1.CC(C)Oc1cc(C2Oc3cc(O)cc(O)c3C(=O)C2O)ccc1O.CC(C)Oc1ccc(C2Oc3cc(O)cc(O)c3C(=O)C2O)cc1O. The number of aliphatic hydroxyl groups is 2. The van der Waals surface area contributed by atoms with Gasteiger partial charge >= 0.3 is 0 Å². The number of aliphatic hydroxyl groups excluding tert-OH is 2. The topological polar surface area (TPSA) is 349 Å². The Morgan fingerprint density at radius 1 is 0.387 bits per heavy atom. The molecule has 3 aliphatic heterocycles. The zero-order chi connectivity index (χ0) is 54.9. The summed E-state index contributed by atoms with van der Waals surface area (Å²) in [6, 6.07) is 19.5. The number of aromatic hydroxyl groups is 10. The van der Waals surface area contributed by atoms with Crippen molar-refractivity contribution in [3.05, 3.63) is 124 Å². The summed E-state index contributed by atoms with van der Waals surface area (Å²) >= 11 is 0. The van der Waals surface area contributed by atoms with Gasteiger partial charge in [0.05, 0.1) is 18.3 Å². The van der Waals surface area contributed by atoms with Crippen LogP contribution in [0.4, 0.5) is 0 Å². The highest BCUT2D eigenvalue weighted by atomic mass is 16.6. The van der Waals surface area contributed by atoms with Gasteiger partial charge in [0.15, 0.2) is 71.1 Å². The number of rotatable bonds is 9. The lowest BCUT2D eigenvalue weighted by Gasteiger charge is -2.34. The summed E-state index contributed by atoms with van der Waals surface area (Å²) in [6.45, 7) is 10.7. The molecule has 0 amide bonds. The van der Waals surface area contributed by atoms with Crippen LogP contribution in [0.15, 0.2) is 91.0 Å². The van der Waals surface area contributed by atoms with Crippen molar-refractivity contribution in [3.63, 3.8) is 0 Å². The van der Waals surface area contributed by atoms with Crippen LogP contribution in [0.5, 0.6) is 86.2 Å². The predicted molar refractivity (Wildman–Crippen MR) is 262 cm³/mol. The molecule has 12 N–H and O–H groups in total. The fourth-order valence-electron chi connectivity index (χ4n) is 8.24. The first kappa shape index (κ1) is 54.0. The highest BCUT2D eigenvalue weighted by Gasteiger charge is 2.43. The number of fused-ring (bicyclic) bond motifs is 3. The monoisotopic (exact) mass is 1040 g/mol. The molecule has 0 bridgehead atoms. The molecule has 6 aromatic carbocycles. The van der Waals surface area contributed by atoms with Crippen molar-refractivity contribution >= 4 is 17.3 Å². The Labute approximate surface area is 427 Å². The normalized spacial score (nSPS) is 19.5. The lowest BCUT2D eigenvalue weighted by Crippen LogP contribution is -2.40. The molecule has 0 saturated heterocycles. The van der Waals surface area contributed by atoms with Crippen LogP contribution in [0.2, 0.25) is 0 Å². The minimum Gasteiger partial charge on any atom is -0.508 e. The number of hydrogen-bond acceptors (Lipinski definition) is 21. The third-order valence-electron chi connectivity index (χ3n) is 11.4. The van der Waals surface area contributed by atoms with Gasteiger partial charge < -0.3 is 89.7 Å². The van der Waals surface area contributed by atoms with Crippen LogP contribution < -0.4 is 23.7 Å². The van der Waals surface area contributed by atoms with E-state index in [1.165, 1.54) is 66.7 Å². The van der Waals surface area contributed by atoms with E-state index in [1.807, 2.05) is 13.8 Å². The molecule has 21 nitrogen and oxygen atoms in total. The number of carbonyl (C=O) groups excluding carboxylic acids is 3. The fraction of sp³-hybridized carbons (Fsp3) is 0.278. The number of Topliss-reactive ketones (excluding diaryl/α,β-unsaturated/α-hetero) is 3. The van der Waals surface area contributed by atoms with Crippen molar-refractivity contribution in [2.45, 2.75) is 96.5 Å². The van der Waals surface area contributed by atoms with Gasteiger partial charge in [-0.3, -0.25) is 14.4 Å². The predicted octanol–water partition coefficient (Wildman–Crippen LogP) is 7.15. The Bertz CT molecular complexity index is 3150. The molecule has 3 aliphatic rings. The molecule has 6 unspecified atom stereocenters. The van der Waals surface area contributed by atoms with Gasteiger partial charge in [0.1, 0.15) is 68.4 Å². The minimum absolute atomic E-state index is 0.0173. The lowest BCUT2D eigenvalue weighted by atomic mass is 9.92. The summed E-state index contributed by atoms with van der Waals surface area (Å²) in [7, 11) is 0. The molecule has 0 aliphatic carbocycles. The van der Waals surface area contributed by atoms with E-state index in [2.05, 4.69) is 0 Å². The lowest BCUT2D eigenvalue weighted by molar-refractivity contribution is -0.0467. The number of ether oxygens (including phenoxy) is 6. The van der Waals surface area contributed by atoms with E-state index < -0.39 is 71.2 Å². The van der Waals surface area contributed by atoms with E-state index in [4.69, 9.17) is 28.4 Å². The van der Waals surface area contributed by atoms with Gasteiger partial charge in [-0.05, 0) is 94.6 Å². The molecule has 0 spiro atoms. The Hall–Kier alpha value is -8.79. The molecular weight excluding hydrogens is 985 g/mol. The van der Waals surface area contributed by atoms with Gasteiger partial charge in [0.25, 0.3) is 0 Å². The van der Waals surface area contributed by atoms with Gasteiger partial charge in [-0.2, -0.15) is 0 Å². The van der Waals surface area contributed by atoms with E-state index in [0.29, 0.717) is 16.7 Å². The molecule has 0 aromatic heterocycles. The van der Waals surface area contributed by atoms with Gasteiger partial charge in [0, 0.05) is 36.4 Å². The highest BCUT2D eigenvalue weighted by Crippen LogP contribution is 2.47. The van der Waals surface area contributed by atoms with Gasteiger partial charge in [0.2, 0.25) is 17.3 Å². The van der Waals surface area contributed by atoms with Crippen LogP contribution in [-0.4, -0.2) is 115 Å². The highest BCUT2D eigenvalue weighted by molar-refractivity contribution is 6.07. The molecule has 21 heteroatoms. The second-order valence-electron chi connectivity index (χ2n) is 18.3. The summed E-state index contributed by atoms with van der Waals surface area (Å²) in [5.41, 5.74) is 0.723. The van der Waals surface area contributed by atoms with Gasteiger partial charge in [-0.15, -0.1) is 0 Å². The van der Waals surface area contributed by atoms with Crippen molar-refractivity contribution in [2.75, 3.05) is 0 Å². The van der Waals surface area contributed by atoms with Crippen LogP contribution in [0.3, 0.4) is 0 Å². The Balaban J connectivity index is 0.000000164. The average Bonchev–Trinajstić information content (AvgIpc) is 3.31. The number of ketones is 3. The third-order valence-corrected chi connectivity index (χ3v) is 11.4. The summed E-state index contributed by atoms with van der Waals surface area (Å²) in [4.78, 5) is 37.6. The van der Waals surface area contributed by atoms with Gasteiger partial charge in [-0.25, -0.2) is 0 Å². The molecule has 0 saturated carbocycles. The Morgan fingerprint density at radius 3 is 1.21 bits per heavy atom. The van der Waals surface area contributed by atoms with E-state index in [1.54, 1.807) is 33.8 Å². The number of phenols is 10. The summed E-state index contributed by atoms with van der Waals surface area (Å²) in [5, 5.41) is 118. The van der Waals surface area contributed by atoms with Crippen molar-refractivity contribution < 1.29 is 104 Å². The minimum atomic E-state index is -1.57. The summed E-state index contributed by atoms with van der Waals surface area (Å²) in [5.74, 6) is -4.56. The number of phenolic OH excluding ortho intramolecular Hbond substituents is 10. The van der Waals surface area contributed by atoms with Crippen LogP contribution in [0.25, 0.3) is 0 Å². The molecule has 75 heavy (non-hydrogen) atoms. The van der Waals surface area contributed by atoms with Crippen LogP contribution >= 0.6 is 0 Å². The van der Waals surface area contributed by atoms with E-state index in [0.717, 1.165) is 18.2 Å². The maximum Gasteiger partial charge on any atom is 0.203 e. The molecule has 9 rings (SSSR count). The zero-order valence-corrected chi connectivity index (χ0v) is 40.9. The average molecular weight is 1040 g/mol. The molecular formula is C54H54O21. The van der Waals surface area contributed by atoms with Crippen LogP contribution in [0, 0.1) is 0 Å². The van der Waals surface area contributed by atoms with Gasteiger partial charge in [-0.1, -0.05) is 18.2 Å². The Morgan fingerprint density at radius 2 is 0.773 bits per heavy atom. The van der Waals surface area contributed by atoms with Crippen LogP contribution in [0.1, 0.15) is 108 Å². The molecule has 3 heterocycles. The zero-order valence-electron chi connectivity index (χ0n) is 40.9. The summed E-state index contributed by atoms with van der Waals surface area (Å²) < 4.78 is 33.7. The first-order chi connectivity index (χ1) is 35.3. The van der Waals surface area contributed by atoms with E-state index in [9.17, 15) is 75.7 Å². The molecule has 0 fully saturated rings. The van der Waals surface area contributed by atoms with Crippen molar-refractivity contribution in [1.82, 2.24) is 0 Å². The fourth-order valence-corrected chi connectivity index (χ4v) is 8.24. The number of benzene rings is 6. The molecule has 6 aromatic rings. The molecule has 6 atom stereocenters. The van der Waals surface area contributed by atoms with E-state index in [-0.39, 0.29) is 104 Å². The maximum absolute atomic E-state index is 12.9. The van der Waals surface area contributed by atoms with Crippen molar-refractivity contribution in [1.29, 1.82) is 0 Å². The smallest absolute Gasteiger partial charge is 0.203 e.